The van der Waals surface area contributed by atoms with Crippen LogP contribution in [0.15, 0.2) is 72.9 Å². The fraction of sp³-hybridized carbons (Fsp3) is 0.154. The zero-order valence-corrected chi connectivity index (χ0v) is 17.8. The van der Waals surface area contributed by atoms with Crippen molar-refractivity contribution in [2.24, 2.45) is 7.05 Å². The van der Waals surface area contributed by atoms with Crippen LogP contribution in [0.5, 0.6) is 0 Å². The van der Waals surface area contributed by atoms with Gasteiger partial charge in [0.1, 0.15) is 11.5 Å². The number of pyridine rings is 1. The number of hydrogen-bond acceptors (Lipinski definition) is 3. The van der Waals surface area contributed by atoms with Crippen LogP contribution in [0.1, 0.15) is 18.2 Å². The number of nitrogens with one attached hydrogen (secondary N) is 2. The van der Waals surface area contributed by atoms with Crippen molar-refractivity contribution in [3.63, 3.8) is 0 Å². The third-order valence-corrected chi connectivity index (χ3v) is 5.29. The Kier molecular flexibility index (Phi) is 5.83. The minimum absolute atomic E-state index is 0.144. The summed E-state index contributed by atoms with van der Waals surface area (Å²) in [7, 11) is 3.78. The molecule has 0 spiro atoms. The van der Waals surface area contributed by atoms with E-state index in [0.29, 0.717) is 11.5 Å². The molecule has 1 atom stereocenters. The molecule has 2 aromatic carbocycles. The summed E-state index contributed by atoms with van der Waals surface area (Å²) in [6, 6.07) is 21.6. The minimum Gasteiger partial charge on any atom is -0.351 e. The minimum atomic E-state index is -0.321. The maximum atomic E-state index is 12.3. The zero-order chi connectivity index (χ0) is 21.8. The van der Waals surface area contributed by atoms with Crippen molar-refractivity contribution in [3.05, 3.63) is 84.2 Å². The van der Waals surface area contributed by atoms with Gasteiger partial charge in [0.05, 0.1) is 6.04 Å². The van der Waals surface area contributed by atoms with Gasteiger partial charge in [0.15, 0.2) is 0 Å². The largest absolute Gasteiger partial charge is 0.351 e. The summed E-state index contributed by atoms with van der Waals surface area (Å²) < 4.78 is 2.09. The number of fused-ring (bicyclic) bond motifs is 1. The molecular weight excluding hydrogens is 384 g/mol. The summed E-state index contributed by atoms with van der Waals surface area (Å²) in [5.74, 6) is 6.75. The Hall–Kier alpha value is -3.88. The predicted molar refractivity (Wildman–Crippen MR) is 126 cm³/mol. The van der Waals surface area contributed by atoms with Crippen LogP contribution < -0.4 is 10.6 Å². The molecule has 5 heteroatoms. The van der Waals surface area contributed by atoms with Crippen molar-refractivity contribution >= 4 is 22.6 Å². The number of rotatable bonds is 4. The lowest BCUT2D eigenvalue weighted by Crippen LogP contribution is -2.35. The summed E-state index contributed by atoms with van der Waals surface area (Å²) in [4.78, 5) is 17.0. The number of likely N-dealkylation sites (N-methyl/N-ethyl adjacent to an activating group) is 1. The average molecular weight is 409 g/mol. The lowest BCUT2D eigenvalue weighted by molar-refractivity contribution is -0.117. The fourth-order valence-corrected chi connectivity index (χ4v) is 3.40. The third kappa shape index (κ3) is 4.35. The molecule has 31 heavy (non-hydrogen) atoms. The summed E-state index contributed by atoms with van der Waals surface area (Å²) in [6.07, 6.45) is 2.05. The number of amides is 1. The highest BCUT2D eigenvalue weighted by molar-refractivity contribution is 5.97. The molecule has 0 bridgehead atoms. The van der Waals surface area contributed by atoms with Crippen molar-refractivity contribution < 1.29 is 4.79 Å². The third-order valence-electron chi connectivity index (χ3n) is 5.29. The first kappa shape index (κ1) is 20.4. The van der Waals surface area contributed by atoms with Gasteiger partial charge < -0.3 is 15.2 Å². The number of carbonyl (C=O) groups is 1. The van der Waals surface area contributed by atoms with E-state index in [1.165, 1.54) is 0 Å². The quantitative estimate of drug-likeness (QED) is 0.498. The molecular formula is C26H24N4O. The molecule has 154 valence electrons. The highest BCUT2D eigenvalue weighted by Gasteiger charge is 2.14. The topological polar surface area (TPSA) is 59.0 Å². The molecule has 4 rings (SSSR count). The van der Waals surface area contributed by atoms with Crippen LogP contribution in [-0.4, -0.2) is 28.5 Å². The van der Waals surface area contributed by atoms with Crippen LogP contribution in [0.25, 0.3) is 22.0 Å². The Bertz CT molecular complexity index is 1300. The molecule has 0 radical (unpaired) electrons. The van der Waals surface area contributed by atoms with Gasteiger partial charge in [-0.15, -0.1) is 0 Å². The van der Waals surface area contributed by atoms with Gasteiger partial charge in [-0.25, -0.2) is 4.98 Å². The Morgan fingerprint density at radius 3 is 2.55 bits per heavy atom. The van der Waals surface area contributed by atoms with E-state index in [1.54, 1.807) is 14.0 Å². The molecule has 2 aromatic heterocycles. The Morgan fingerprint density at radius 2 is 1.77 bits per heavy atom. The second kappa shape index (κ2) is 8.86. The second-order valence-corrected chi connectivity index (χ2v) is 7.37. The molecule has 0 saturated heterocycles. The maximum absolute atomic E-state index is 12.3. The number of nitrogens with zero attached hydrogens (tertiary/aromatic N) is 2. The van der Waals surface area contributed by atoms with Crippen molar-refractivity contribution in [1.82, 2.24) is 14.9 Å². The van der Waals surface area contributed by atoms with Gasteiger partial charge in [-0.2, -0.15) is 0 Å². The number of aromatic nitrogens is 2. The van der Waals surface area contributed by atoms with E-state index in [0.717, 1.165) is 27.6 Å². The van der Waals surface area contributed by atoms with Crippen LogP contribution in [0, 0.1) is 11.8 Å². The zero-order valence-electron chi connectivity index (χ0n) is 17.8. The van der Waals surface area contributed by atoms with Gasteiger partial charge in [0.2, 0.25) is 5.91 Å². The van der Waals surface area contributed by atoms with E-state index in [2.05, 4.69) is 45.2 Å². The smallest absolute Gasteiger partial charge is 0.242 e. The Labute approximate surface area is 182 Å². The van der Waals surface area contributed by atoms with E-state index in [1.807, 2.05) is 61.8 Å². The fourth-order valence-electron chi connectivity index (χ4n) is 3.40. The summed E-state index contributed by atoms with van der Waals surface area (Å²) in [5.41, 5.74) is 4.66. The van der Waals surface area contributed by atoms with E-state index < -0.39 is 0 Å². The molecule has 2 heterocycles. The van der Waals surface area contributed by atoms with Crippen LogP contribution in [0.2, 0.25) is 0 Å². The molecule has 0 aliphatic carbocycles. The monoisotopic (exact) mass is 408 g/mol. The predicted octanol–water partition coefficient (Wildman–Crippen LogP) is 4.19. The second-order valence-electron chi connectivity index (χ2n) is 7.37. The average Bonchev–Trinajstić information content (AvgIpc) is 3.19. The van der Waals surface area contributed by atoms with Gasteiger partial charge >= 0.3 is 0 Å². The van der Waals surface area contributed by atoms with Crippen molar-refractivity contribution in [2.45, 2.75) is 13.0 Å². The Balaban J connectivity index is 1.82. The van der Waals surface area contributed by atoms with Crippen molar-refractivity contribution in [2.75, 3.05) is 12.4 Å². The molecule has 5 nitrogen and oxygen atoms in total. The Morgan fingerprint density at radius 1 is 0.968 bits per heavy atom. The lowest BCUT2D eigenvalue weighted by atomic mass is 10.00. The van der Waals surface area contributed by atoms with Gasteiger partial charge in [0.25, 0.3) is 0 Å². The maximum Gasteiger partial charge on any atom is 0.242 e. The van der Waals surface area contributed by atoms with E-state index in [9.17, 15) is 4.79 Å². The molecule has 0 fully saturated rings. The number of aryl methyl sites for hydroxylation is 1. The van der Waals surface area contributed by atoms with Gasteiger partial charge in [-0.1, -0.05) is 36.3 Å². The van der Waals surface area contributed by atoms with E-state index in [4.69, 9.17) is 4.98 Å². The number of carbonyl (C=O) groups excluding carboxylic acids is 1. The highest BCUT2D eigenvalue weighted by atomic mass is 16.2. The normalized spacial score (nSPS) is 11.6. The first-order valence-corrected chi connectivity index (χ1v) is 10.2. The molecule has 0 aliphatic heterocycles. The SMILES string of the molecule is CNC(C)C(=O)Nc1ccc(-c2cccc3c2ccn3C)c(C#Cc2ccccc2)n1. The summed E-state index contributed by atoms with van der Waals surface area (Å²) in [6.45, 7) is 1.80. The van der Waals surface area contributed by atoms with E-state index >= 15 is 0 Å². The van der Waals surface area contributed by atoms with Crippen LogP contribution >= 0.6 is 0 Å². The number of hydrogen-bond donors (Lipinski definition) is 2. The lowest BCUT2D eigenvalue weighted by Gasteiger charge is -2.12. The van der Waals surface area contributed by atoms with Crippen molar-refractivity contribution in [3.8, 4) is 23.0 Å². The van der Waals surface area contributed by atoms with E-state index in [-0.39, 0.29) is 11.9 Å². The van der Waals surface area contributed by atoms with Crippen molar-refractivity contribution in [1.29, 1.82) is 0 Å². The first-order valence-electron chi connectivity index (χ1n) is 10.2. The van der Waals surface area contributed by atoms with Gasteiger partial charge in [0, 0.05) is 35.3 Å². The molecule has 1 amide bonds. The van der Waals surface area contributed by atoms with Gasteiger partial charge in [-0.05, 0) is 61.9 Å². The van der Waals surface area contributed by atoms with Crippen LogP contribution in [0.3, 0.4) is 0 Å². The number of benzene rings is 2. The molecule has 2 N–H and O–H groups in total. The standard InChI is InChI=1S/C26H24N4O/c1-18(27-2)26(31)29-25-15-13-21(20-10-7-11-24-22(20)16-17-30(24)3)23(28-25)14-12-19-8-5-4-6-9-19/h4-11,13,15-18,27H,1-3H3,(H,28,29,31). The highest BCUT2D eigenvalue weighted by Crippen LogP contribution is 2.31. The molecule has 0 saturated carbocycles. The summed E-state index contributed by atoms with van der Waals surface area (Å²) in [5, 5.41) is 6.94. The molecule has 0 aliphatic rings. The van der Waals surface area contributed by atoms with Gasteiger partial charge in [-0.3, -0.25) is 4.79 Å². The number of anilines is 1. The van der Waals surface area contributed by atoms with Crippen LogP contribution in [0.4, 0.5) is 5.82 Å². The first-order chi connectivity index (χ1) is 15.1. The molecule has 1 unspecified atom stereocenters. The molecule has 4 aromatic rings. The van der Waals surface area contributed by atoms with Crippen LogP contribution in [-0.2, 0) is 11.8 Å². The summed E-state index contributed by atoms with van der Waals surface area (Å²) >= 11 is 0.